The minimum atomic E-state index is -3.18. The van der Waals surface area contributed by atoms with E-state index in [-0.39, 0.29) is 0 Å². The van der Waals surface area contributed by atoms with Crippen LogP contribution in [0.4, 0.5) is 0 Å². The molecule has 0 spiro atoms. The maximum Gasteiger partial charge on any atom is 0.175 e. The van der Waals surface area contributed by atoms with Gasteiger partial charge in [0, 0.05) is 11.8 Å². The summed E-state index contributed by atoms with van der Waals surface area (Å²) in [5, 5.41) is 4.32. The summed E-state index contributed by atoms with van der Waals surface area (Å²) in [6.45, 7) is 0. The van der Waals surface area contributed by atoms with Crippen molar-refractivity contribution in [1.82, 2.24) is 9.78 Å². The third-order valence-corrected chi connectivity index (χ3v) is 4.35. The van der Waals surface area contributed by atoms with Gasteiger partial charge in [-0.2, -0.15) is 5.10 Å². The first-order valence-electron chi connectivity index (χ1n) is 6.46. The molecule has 1 heterocycles. The number of benzene rings is 2. The third-order valence-electron chi connectivity index (χ3n) is 3.22. The van der Waals surface area contributed by atoms with Crippen molar-refractivity contribution in [2.24, 2.45) is 0 Å². The molecule has 106 valence electrons. The Morgan fingerprint density at radius 3 is 2.19 bits per heavy atom. The van der Waals surface area contributed by atoms with Crippen LogP contribution in [0.5, 0.6) is 0 Å². The molecule has 0 unspecified atom stereocenters. The highest BCUT2D eigenvalue weighted by molar-refractivity contribution is 7.90. The molecule has 1 aromatic heterocycles. The third kappa shape index (κ3) is 2.73. The molecule has 0 N–H and O–H groups in total. The fraction of sp³-hybridized carbons (Fsp3) is 0.0625. The van der Waals surface area contributed by atoms with E-state index in [1.807, 2.05) is 36.4 Å². The van der Waals surface area contributed by atoms with Crippen molar-refractivity contribution in [3.8, 4) is 16.9 Å². The second-order valence-corrected chi connectivity index (χ2v) is 6.78. The van der Waals surface area contributed by atoms with Crippen molar-refractivity contribution >= 4 is 9.84 Å². The van der Waals surface area contributed by atoms with E-state index in [4.69, 9.17) is 0 Å². The molecule has 3 rings (SSSR count). The number of nitrogens with zero attached hydrogens (tertiary/aromatic N) is 2. The van der Waals surface area contributed by atoms with Gasteiger partial charge in [0.05, 0.1) is 22.5 Å². The van der Waals surface area contributed by atoms with E-state index in [1.165, 1.54) is 6.26 Å². The standard InChI is InChI=1S/C16H14N2O2S/c1-21(19,20)15-9-7-14(8-10-15)18-16(11-12-17-18)13-5-3-2-4-6-13/h2-12H,1H3. The van der Waals surface area contributed by atoms with Crippen LogP contribution in [0.25, 0.3) is 16.9 Å². The van der Waals surface area contributed by atoms with E-state index in [9.17, 15) is 8.42 Å². The van der Waals surface area contributed by atoms with Crippen LogP contribution in [-0.4, -0.2) is 24.5 Å². The lowest BCUT2D eigenvalue weighted by Gasteiger charge is -2.08. The Morgan fingerprint density at radius 1 is 0.905 bits per heavy atom. The molecule has 0 saturated carbocycles. The van der Waals surface area contributed by atoms with Crippen LogP contribution >= 0.6 is 0 Å². The first-order chi connectivity index (χ1) is 10.1. The summed E-state index contributed by atoms with van der Waals surface area (Å²) in [6, 6.07) is 18.6. The van der Waals surface area contributed by atoms with Crippen LogP contribution in [0.1, 0.15) is 0 Å². The monoisotopic (exact) mass is 298 g/mol. The van der Waals surface area contributed by atoms with Gasteiger partial charge in [-0.25, -0.2) is 13.1 Å². The van der Waals surface area contributed by atoms with E-state index in [2.05, 4.69) is 5.10 Å². The van der Waals surface area contributed by atoms with Gasteiger partial charge in [0.15, 0.2) is 9.84 Å². The van der Waals surface area contributed by atoms with E-state index in [0.29, 0.717) is 4.90 Å². The van der Waals surface area contributed by atoms with Gasteiger partial charge in [-0.05, 0) is 30.3 Å². The lowest BCUT2D eigenvalue weighted by atomic mass is 10.1. The highest BCUT2D eigenvalue weighted by atomic mass is 32.2. The van der Waals surface area contributed by atoms with Gasteiger partial charge >= 0.3 is 0 Å². The van der Waals surface area contributed by atoms with E-state index >= 15 is 0 Å². The molecule has 0 aliphatic rings. The SMILES string of the molecule is CS(=O)(=O)c1ccc(-n2nccc2-c2ccccc2)cc1. The molecule has 0 saturated heterocycles. The average molecular weight is 298 g/mol. The normalized spacial score (nSPS) is 11.5. The Bertz CT molecular complexity index is 851. The molecular weight excluding hydrogens is 284 g/mol. The second-order valence-electron chi connectivity index (χ2n) is 4.76. The summed E-state index contributed by atoms with van der Waals surface area (Å²) in [7, 11) is -3.18. The van der Waals surface area contributed by atoms with Gasteiger partial charge in [0.25, 0.3) is 0 Å². The van der Waals surface area contributed by atoms with Gasteiger partial charge in [-0.1, -0.05) is 30.3 Å². The fourth-order valence-electron chi connectivity index (χ4n) is 2.17. The predicted molar refractivity (Wildman–Crippen MR) is 82.1 cm³/mol. The van der Waals surface area contributed by atoms with Crippen LogP contribution in [-0.2, 0) is 9.84 Å². The summed E-state index contributed by atoms with van der Waals surface area (Å²) >= 11 is 0. The van der Waals surface area contributed by atoms with Crippen molar-refractivity contribution < 1.29 is 8.42 Å². The van der Waals surface area contributed by atoms with Crippen LogP contribution in [0.2, 0.25) is 0 Å². The van der Waals surface area contributed by atoms with Crippen molar-refractivity contribution in [2.75, 3.05) is 6.26 Å². The number of sulfone groups is 1. The smallest absolute Gasteiger partial charge is 0.175 e. The lowest BCUT2D eigenvalue weighted by Crippen LogP contribution is -2.01. The average Bonchev–Trinajstić information content (AvgIpc) is 2.97. The minimum Gasteiger partial charge on any atom is -0.233 e. The molecule has 3 aromatic rings. The molecule has 2 aromatic carbocycles. The summed E-state index contributed by atoms with van der Waals surface area (Å²) in [4.78, 5) is 0.305. The van der Waals surface area contributed by atoms with Crippen LogP contribution < -0.4 is 0 Å². The number of aromatic nitrogens is 2. The van der Waals surface area contributed by atoms with Gasteiger partial charge in [-0.3, -0.25) is 0 Å². The molecule has 0 atom stereocenters. The Kier molecular flexibility index (Phi) is 3.35. The molecule has 21 heavy (non-hydrogen) atoms. The van der Waals surface area contributed by atoms with E-state index < -0.39 is 9.84 Å². The summed E-state index contributed by atoms with van der Waals surface area (Å²) in [5.74, 6) is 0. The Labute approximate surface area is 123 Å². The van der Waals surface area contributed by atoms with Crippen molar-refractivity contribution in [1.29, 1.82) is 0 Å². The van der Waals surface area contributed by atoms with Gasteiger partial charge in [0.1, 0.15) is 0 Å². The quantitative estimate of drug-likeness (QED) is 0.747. The number of hydrogen-bond donors (Lipinski definition) is 0. The van der Waals surface area contributed by atoms with Gasteiger partial charge in [0.2, 0.25) is 0 Å². The van der Waals surface area contributed by atoms with Crippen molar-refractivity contribution in [3.63, 3.8) is 0 Å². The Balaban J connectivity index is 2.05. The minimum absolute atomic E-state index is 0.305. The summed E-state index contributed by atoms with van der Waals surface area (Å²) in [5.41, 5.74) is 2.84. The Hall–Kier alpha value is -2.40. The first kappa shape index (κ1) is 13.6. The molecule has 5 heteroatoms. The number of rotatable bonds is 3. The van der Waals surface area contributed by atoms with Gasteiger partial charge in [-0.15, -0.1) is 0 Å². The van der Waals surface area contributed by atoms with Crippen LogP contribution in [0.15, 0.2) is 71.8 Å². The Morgan fingerprint density at radius 2 is 1.57 bits per heavy atom. The lowest BCUT2D eigenvalue weighted by molar-refractivity contribution is 0.602. The van der Waals surface area contributed by atoms with E-state index in [1.54, 1.807) is 35.1 Å². The molecule has 0 bridgehead atoms. The highest BCUT2D eigenvalue weighted by Gasteiger charge is 2.10. The van der Waals surface area contributed by atoms with Crippen LogP contribution in [0, 0.1) is 0 Å². The zero-order valence-corrected chi connectivity index (χ0v) is 12.3. The zero-order chi connectivity index (χ0) is 14.9. The molecule has 0 aliphatic carbocycles. The molecule has 0 fully saturated rings. The predicted octanol–water partition coefficient (Wildman–Crippen LogP) is 2.94. The molecule has 0 aliphatic heterocycles. The van der Waals surface area contributed by atoms with Gasteiger partial charge < -0.3 is 0 Å². The molecular formula is C16H14N2O2S. The zero-order valence-electron chi connectivity index (χ0n) is 11.5. The maximum atomic E-state index is 11.5. The van der Waals surface area contributed by atoms with Crippen molar-refractivity contribution in [2.45, 2.75) is 4.90 Å². The highest BCUT2D eigenvalue weighted by Crippen LogP contribution is 2.22. The summed E-state index contributed by atoms with van der Waals surface area (Å²) < 4.78 is 24.8. The molecule has 4 nitrogen and oxygen atoms in total. The molecule has 0 radical (unpaired) electrons. The second kappa shape index (κ2) is 5.18. The largest absolute Gasteiger partial charge is 0.233 e. The summed E-state index contributed by atoms with van der Waals surface area (Å²) in [6.07, 6.45) is 2.93. The van der Waals surface area contributed by atoms with E-state index in [0.717, 1.165) is 16.9 Å². The van der Waals surface area contributed by atoms with Crippen molar-refractivity contribution in [3.05, 3.63) is 66.9 Å². The number of hydrogen-bond acceptors (Lipinski definition) is 3. The molecule has 0 amide bonds. The fourth-order valence-corrected chi connectivity index (χ4v) is 2.80. The maximum absolute atomic E-state index is 11.5. The topological polar surface area (TPSA) is 52.0 Å². The first-order valence-corrected chi connectivity index (χ1v) is 8.35. The van der Waals surface area contributed by atoms with Crippen LogP contribution in [0.3, 0.4) is 0 Å².